The van der Waals surface area contributed by atoms with Crippen molar-refractivity contribution in [1.29, 1.82) is 0 Å². The van der Waals surface area contributed by atoms with E-state index in [1.165, 1.54) is 4.90 Å². The van der Waals surface area contributed by atoms with E-state index in [1.807, 2.05) is 35.7 Å². The Bertz CT molecular complexity index is 469. The molecule has 3 nitrogen and oxygen atoms in total. The first kappa shape index (κ1) is 12.1. The van der Waals surface area contributed by atoms with Gasteiger partial charge >= 0.3 is 0 Å². The summed E-state index contributed by atoms with van der Waals surface area (Å²) < 4.78 is 0. The lowest BCUT2D eigenvalue weighted by Gasteiger charge is -2.35. The fourth-order valence-corrected chi connectivity index (χ4v) is 3.75. The minimum Gasteiger partial charge on any atom is -0.309 e. The average Bonchev–Trinajstić information content (AvgIpc) is 2.85. The second kappa shape index (κ2) is 4.59. The Morgan fingerprint density at radius 1 is 1.44 bits per heavy atom. The molecule has 1 N–H and O–H groups in total. The Hall–Kier alpha value is -1.00. The van der Waals surface area contributed by atoms with E-state index in [9.17, 15) is 4.79 Å². The van der Waals surface area contributed by atoms with Crippen LogP contribution < -0.4 is 10.2 Å². The van der Waals surface area contributed by atoms with Gasteiger partial charge in [0.05, 0.1) is 11.2 Å². The maximum atomic E-state index is 12.7. The Morgan fingerprint density at radius 2 is 2.28 bits per heavy atom. The van der Waals surface area contributed by atoms with Crippen LogP contribution in [-0.4, -0.2) is 30.3 Å². The molecule has 2 aliphatic rings. The van der Waals surface area contributed by atoms with Crippen molar-refractivity contribution in [2.45, 2.75) is 30.2 Å². The number of anilines is 1. The molecule has 1 amide bonds. The SMILES string of the molecule is CC1(C(=O)N2CCSc3ccccc32)CCCN1. The van der Waals surface area contributed by atoms with Gasteiger partial charge in [0.15, 0.2) is 0 Å². The minimum absolute atomic E-state index is 0.229. The van der Waals surface area contributed by atoms with Crippen molar-refractivity contribution in [1.82, 2.24) is 5.32 Å². The third-order valence-electron chi connectivity index (χ3n) is 3.81. The van der Waals surface area contributed by atoms with Gasteiger partial charge in [0.25, 0.3) is 0 Å². The van der Waals surface area contributed by atoms with Gasteiger partial charge in [-0.25, -0.2) is 0 Å². The molecule has 96 valence electrons. The number of hydrogen-bond acceptors (Lipinski definition) is 3. The topological polar surface area (TPSA) is 32.3 Å². The number of amides is 1. The first-order valence-corrected chi connectivity index (χ1v) is 7.48. The molecular formula is C14H18N2OS. The highest BCUT2D eigenvalue weighted by molar-refractivity contribution is 7.99. The molecule has 1 aromatic rings. The summed E-state index contributed by atoms with van der Waals surface area (Å²) in [5.41, 5.74) is 0.712. The second-order valence-electron chi connectivity index (χ2n) is 5.14. The van der Waals surface area contributed by atoms with Crippen LogP contribution in [0.4, 0.5) is 5.69 Å². The van der Waals surface area contributed by atoms with Crippen molar-refractivity contribution in [3.05, 3.63) is 24.3 Å². The van der Waals surface area contributed by atoms with Gasteiger partial charge in [-0.15, -0.1) is 11.8 Å². The van der Waals surface area contributed by atoms with Crippen LogP contribution >= 0.6 is 11.8 Å². The fourth-order valence-electron chi connectivity index (χ4n) is 2.76. The van der Waals surface area contributed by atoms with Gasteiger partial charge < -0.3 is 10.2 Å². The zero-order valence-corrected chi connectivity index (χ0v) is 11.4. The monoisotopic (exact) mass is 262 g/mol. The summed E-state index contributed by atoms with van der Waals surface area (Å²) in [7, 11) is 0. The highest BCUT2D eigenvalue weighted by Gasteiger charge is 2.40. The van der Waals surface area contributed by atoms with E-state index in [0.717, 1.165) is 37.4 Å². The first-order chi connectivity index (χ1) is 8.71. The molecule has 2 aliphatic heterocycles. The van der Waals surface area contributed by atoms with E-state index >= 15 is 0 Å². The number of carbonyl (C=O) groups is 1. The number of para-hydroxylation sites is 1. The number of thioether (sulfide) groups is 1. The summed E-state index contributed by atoms with van der Waals surface area (Å²) in [4.78, 5) is 15.9. The molecule has 1 unspecified atom stereocenters. The molecule has 18 heavy (non-hydrogen) atoms. The number of nitrogens with one attached hydrogen (secondary N) is 1. The molecule has 0 radical (unpaired) electrons. The lowest BCUT2D eigenvalue weighted by Crippen LogP contribution is -2.54. The van der Waals surface area contributed by atoms with E-state index < -0.39 is 0 Å². The van der Waals surface area contributed by atoms with E-state index in [2.05, 4.69) is 17.4 Å². The number of carbonyl (C=O) groups excluding carboxylic acids is 1. The Morgan fingerprint density at radius 3 is 3.06 bits per heavy atom. The van der Waals surface area contributed by atoms with E-state index in [-0.39, 0.29) is 11.4 Å². The zero-order valence-electron chi connectivity index (χ0n) is 10.6. The van der Waals surface area contributed by atoms with Crippen molar-refractivity contribution in [2.75, 3.05) is 23.7 Å². The largest absolute Gasteiger partial charge is 0.309 e. The van der Waals surface area contributed by atoms with Crippen LogP contribution in [0.5, 0.6) is 0 Å². The average molecular weight is 262 g/mol. The number of fused-ring (bicyclic) bond motifs is 1. The van der Waals surface area contributed by atoms with Crippen molar-refractivity contribution >= 4 is 23.4 Å². The summed E-state index contributed by atoms with van der Waals surface area (Å²) in [5.74, 6) is 1.21. The zero-order chi connectivity index (χ0) is 12.6. The van der Waals surface area contributed by atoms with E-state index in [4.69, 9.17) is 0 Å². The van der Waals surface area contributed by atoms with Crippen LogP contribution in [0, 0.1) is 0 Å². The van der Waals surface area contributed by atoms with Gasteiger partial charge in [-0.3, -0.25) is 4.79 Å². The third-order valence-corrected chi connectivity index (χ3v) is 4.86. The molecule has 3 rings (SSSR count). The highest BCUT2D eigenvalue weighted by Crippen LogP contribution is 2.36. The molecule has 4 heteroatoms. The van der Waals surface area contributed by atoms with Crippen molar-refractivity contribution in [3.8, 4) is 0 Å². The quantitative estimate of drug-likeness (QED) is 0.842. The predicted molar refractivity (Wildman–Crippen MR) is 75.2 cm³/mol. The molecule has 0 aromatic heterocycles. The standard InChI is InChI=1S/C14H18N2OS/c1-14(7-4-8-15-14)13(17)16-9-10-18-12-6-3-2-5-11(12)16/h2-3,5-6,15H,4,7-10H2,1H3. The molecule has 2 heterocycles. The van der Waals surface area contributed by atoms with Crippen LogP contribution in [0.2, 0.25) is 0 Å². The molecule has 0 bridgehead atoms. The maximum absolute atomic E-state index is 12.7. The van der Waals surface area contributed by atoms with Crippen molar-refractivity contribution in [3.63, 3.8) is 0 Å². The normalized spacial score (nSPS) is 27.1. The molecule has 1 saturated heterocycles. The lowest BCUT2D eigenvalue weighted by atomic mass is 9.98. The van der Waals surface area contributed by atoms with Crippen LogP contribution in [0.3, 0.4) is 0 Å². The third kappa shape index (κ3) is 1.93. The predicted octanol–water partition coefficient (Wildman–Crippen LogP) is 2.27. The summed E-state index contributed by atoms with van der Waals surface area (Å²) in [6.45, 7) is 3.80. The number of nitrogens with zero attached hydrogens (tertiary/aromatic N) is 1. The Balaban J connectivity index is 1.92. The summed E-state index contributed by atoms with van der Waals surface area (Å²) in [6, 6.07) is 8.20. The van der Waals surface area contributed by atoms with Gasteiger partial charge in [0.1, 0.15) is 0 Å². The van der Waals surface area contributed by atoms with Gasteiger partial charge in [0.2, 0.25) is 5.91 Å². The van der Waals surface area contributed by atoms with Crippen molar-refractivity contribution in [2.24, 2.45) is 0 Å². The van der Waals surface area contributed by atoms with Gasteiger partial charge in [-0.1, -0.05) is 12.1 Å². The molecule has 0 aliphatic carbocycles. The highest BCUT2D eigenvalue weighted by atomic mass is 32.2. The van der Waals surface area contributed by atoms with Crippen LogP contribution in [0.25, 0.3) is 0 Å². The maximum Gasteiger partial charge on any atom is 0.247 e. The van der Waals surface area contributed by atoms with Gasteiger partial charge in [0, 0.05) is 17.2 Å². The molecule has 1 fully saturated rings. The van der Waals surface area contributed by atoms with Crippen LogP contribution in [-0.2, 0) is 4.79 Å². The van der Waals surface area contributed by atoms with E-state index in [0.29, 0.717) is 0 Å². The number of hydrogen-bond donors (Lipinski definition) is 1. The molecule has 0 spiro atoms. The Kier molecular flexibility index (Phi) is 3.08. The summed E-state index contributed by atoms with van der Waals surface area (Å²) >= 11 is 1.84. The van der Waals surface area contributed by atoms with Gasteiger partial charge in [-0.2, -0.15) is 0 Å². The van der Waals surface area contributed by atoms with Crippen molar-refractivity contribution < 1.29 is 4.79 Å². The van der Waals surface area contributed by atoms with Crippen LogP contribution in [0.15, 0.2) is 29.2 Å². The van der Waals surface area contributed by atoms with Gasteiger partial charge in [-0.05, 0) is 38.4 Å². The minimum atomic E-state index is -0.366. The fraction of sp³-hybridized carbons (Fsp3) is 0.500. The van der Waals surface area contributed by atoms with E-state index in [1.54, 1.807) is 0 Å². The molecule has 1 atom stereocenters. The first-order valence-electron chi connectivity index (χ1n) is 6.49. The summed E-state index contributed by atoms with van der Waals surface area (Å²) in [6.07, 6.45) is 2.03. The van der Waals surface area contributed by atoms with Crippen LogP contribution in [0.1, 0.15) is 19.8 Å². The number of rotatable bonds is 1. The second-order valence-corrected chi connectivity index (χ2v) is 6.27. The summed E-state index contributed by atoms with van der Waals surface area (Å²) in [5, 5.41) is 3.36. The lowest BCUT2D eigenvalue weighted by molar-refractivity contribution is -0.123. The molecular weight excluding hydrogens is 244 g/mol. The number of benzene rings is 1. The molecule has 0 saturated carbocycles. The Labute approximate surface area is 112 Å². The molecule has 1 aromatic carbocycles. The smallest absolute Gasteiger partial charge is 0.247 e.